The third-order valence-corrected chi connectivity index (χ3v) is 15.9. The number of Topliss-reactive ketones (excluding diaryl/α,β-unsaturated/α-hetero) is 5. The minimum Gasteiger partial charge on any atom is -0.397 e. The summed E-state index contributed by atoms with van der Waals surface area (Å²) in [6.45, 7) is 51.6. The molecule has 0 heterocycles. The van der Waals surface area contributed by atoms with Crippen molar-refractivity contribution in [1.29, 1.82) is 0 Å². The lowest BCUT2D eigenvalue weighted by atomic mass is 9.93. The lowest BCUT2D eigenvalue weighted by molar-refractivity contribution is -0.119. The molecule has 0 aromatic carbocycles. The molecule has 7 unspecified atom stereocenters. The second-order valence-corrected chi connectivity index (χ2v) is 26.0. The zero-order chi connectivity index (χ0) is 79.6. The molecule has 0 bridgehead atoms. The van der Waals surface area contributed by atoms with Crippen LogP contribution >= 0.6 is 0 Å². The van der Waals surface area contributed by atoms with Crippen LogP contribution in [0.3, 0.4) is 0 Å². The van der Waals surface area contributed by atoms with Gasteiger partial charge in [-0.2, -0.15) is 0 Å². The summed E-state index contributed by atoms with van der Waals surface area (Å²) in [5.74, 6) is 3.62. The van der Waals surface area contributed by atoms with Gasteiger partial charge in [0, 0.05) is 84.0 Å². The minimum absolute atomic E-state index is 0. The van der Waals surface area contributed by atoms with E-state index in [2.05, 4.69) is 76.2 Å². The average molecular weight is 1560 g/mol. The van der Waals surface area contributed by atoms with E-state index >= 15 is 0 Å². The molecule has 0 aromatic rings. The first-order valence-corrected chi connectivity index (χ1v) is 41.9. The van der Waals surface area contributed by atoms with E-state index in [-0.39, 0.29) is 96.5 Å². The van der Waals surface area contributed by atoms with Gasteiger partial charge in [0.25, 0.3) is 0 Å². The van der Waals surface area contributed by atoms with Crippen LogP contribution in [0.25, 0.3) is 0 Å². The highest BCUT2D eigenvalue weighted by molar-refractivity contribution is 5.79. The first-order chi connectivity index (χ1) is 47.1. The van der Waals surface area contributed by atoms with E-state index in [0.717, 1.165) is 160 Å². The molecule has 0 saturated heterocycles. The van der Waals surface area contributed by atoms with Crippen LogP contribution < -0.4 is 0 Å². The van der Waals surface area contributed by atoms with Crippen molar-refractivity contribution < 1.29 is 64.8 Å². The average Bonchev–Trinajstić information content (AvgIpc) is 1.02. The van der Waals surface area contributed by atoms with Crippen molar-refractivity contribution in [3.63, 3.8) is 0 Å². The van der Waals surface area contributed by atoms with Gasteiger partial charge < -0.3 is 40.9 Å². The highest BCUT2D eigenvalue weighted by Gasteiger charge is 2.09. The quantitative estimate of drug-likeness (QED) is 0.0265. The van der Waals surface area contributed by atoms with Crippen LogP contribution in [0.15, 0.2) is 0 Å². The Morgan fingerprint density at radius 3 is 0.589 bits per heavy atom. The van der Waals surface area contributed by atoms with Crippen LogP contribution in [0.2, 0.25) is 0 Å². The molecule has 107 heavy (non-hydrogen) atoms. The molecule has 0 spiro atoms. The highest BCUT2D eigenvalue weighted by atomic mass is 16.3. The number of unbranched alkanes of at least 4 members (excludes halogenated alkanes) is 12. The molecule has 8 N–H and O–H groups in total. The van der Waals surface area contributed by atoms with Gasteiger partial charge in [0.05, 0.1) is 30.5 Å². The zero-order valence-corrected chi connectivity index (χ0v) is 71.8. The molecule has 0 radical (unpaired) electrons. The number of hydrogen-bond donors (Lipinski definition) is 8. The summed E-state index contributed by atoms with van der Waals surface area (Å²) in [6, 6.07) is 0. The molecule has 0 amide bonds. The van der Waals surface area contributed by atoms with Crippen LogP contribution in [0.5, 0.6) is 0 Å². The lowest BCUT2D eigenvalue weighted by Gasteiger charge is -2.12. The topological polar surface area (TPSA) is 247 Å². The van der Waals surface area contributed by atoms with Crippen molar-refractivity contribution >= 4 is 28.9 Å². The maximum atomic E-state index is 11.1. The Bertz CT molecular complexity index is 1270. The summed E-state index contributed by atoms with van der Waals surface area (Å²) in [5, 5.41) is 67.5. The number of rotatable bonds is 48. The molecular weight excluding hydrogens is 1340 g/mol. The fourth-order valence-electron chi connectivity index (χ4n) is 7.65. The van der Waals surface area contributed by atoms with E-state index in [9.17, 15) is 24.0 Å². The van der Waals surface area contributed by atoms with Crippen LogP contribution in [0.1, 0.15) is 528 Å². The van der Waals surface area contributed by atoms with Gasteiger partial charge in [-0.3, -0.25) is 24.0 Å². The lowest BCUT2D eigenvalue weighted by Crippen LogP contribution is -2.03. The molecule has 13 nitrogen and oxygen atoms in total. The first kappa shape index (κ1) is 161. The Balaban J connectivity index is -0.0000000397. The molecule has 0 aliphatic carbocycles. The normalized spacial score (nSPS) is 10.9. The van der Waals surface area contributed by atoms with Gasteiger partial charge in [-0.1, -0.05) is 347 Å². The standard InChI is InChI=1S/2C12H24O.2C8H18O.2C8H16O.C6H14O.C6H12O.4C4H10O.C2H6O.8CH4/c2*1-4-7-8-11(5-2)9-10-12(13)6-3;4*1-3-5-6-7-8(9)4-2;2*1-3-5-6(7)4-2;2*1-3-4(2)5;2*1-2-3-4-5;1-2-3;;;;;;;;/h2*11H,4-10H2,1-3H3;2*8-9H,3-7H2,1-2H3;2*3-7H2,1-2H3;6-7H,3-5H2,1-2H3;3-5H2,1-2H3;2*4-5H,3H2,1-2H3;2*5H,2-4H2,1H3;3H,2H2,1H3;8*1H4. The van der Waals surface area contributed by atoms with Gasteiger partial charge in [0.2, 0.25) is 0 Å². The number of ketones is 5. The Morgan fingerprint density at radius 2 is 0.439 bits per heavy atom. The molecule has 674 valence electrons. The second-order valence-electron chi connectivity index (χ2n) is 26.0. The van der Waals surface area contributed by atoms with Crippen molar-refractivity contribution in [3.8, 4) is 0 Å². The van der Waals surface area contributed by atoms with Crippen LogP contribution in [0, 0.1) is 11.8 Å². The summed E-state index contributed by atoms with van der Waals surface area (Å²) >= 11 is 0. The van der Waals surface area contributed by atoms with E-state index in [1.807, 2.05) is 76.2 Å². The van der Waals surface area contributed by atoms with Crippen molar-refractivity contribution in [1.82, 2.24) is 0 Å². The van der Waals surface area contributed by atoms with Crippen molar-refractivity contribution in [2.45, 2.75) is 558 Å². The summed E-state index contributed by atoms with van der Waals surface area (Å²) < 4.78 is 0. The smallest absolute Gasteiger partial charge is 0.132 e. The predicted octanol–water partition coefficient (Wildman–Crippen LogP) is 29.2. The Kier molecular flexibility index (Phi) is 241. The zero-order valence-electron chi connectivity index (χ0n) is 71.8. The first-order valence-electron chi connectivity index (χ1n) is 41.9. The van der Waals surface area contributed by atoms with Gasteiger partial charge >= 0.3 is 0 Å². The summed E-state index contributed by atoms with van der Waals surface area (Å²) in [5.41, 5.74) is 0. The third kappa shape index (κ3) is 221. The Labute approximate surface area is 680 Å². The van der Waals surface area contributed by atoms with Crippen LogP contribution in [0.4, 0.5) is 0 Å². The van der Waals surface area contributed by atoms with E-state index in [4.69, 9.17) is 40.9 Å². The van der Waals surface area contributed by atoms with Crippen molar-refractivity contribution in [2.24, 2.45) is 11.8 Å². The maximum Gasteiger partial charge on any atom is 0.132 e. The summed E-state index contributed by atoms with van der Waals surface area (Å²) in [6.07, 6.45) is 47.5. The molecule has 0 aromatic heterocycles. The van der Waals surface area contributed by atoms with Crippen LogP contribution in [-0.2, 0) is 24.0 Å². The Morgan fingerprint density at radius 1 is 0.224 bits per heavy atom. The predicted molar refractivity (Wildman–Crippen MR) is 491 cm³/mol. The maximum absolute atomic E-state index is 11.1. The largest absolute Gasteiger partial charge is 0.397 e. The minimum atomic E-state index is -0.116. The Hall–Kier alpha value is -1.97. The van der Waals surface area contributed by atoms with Gasteiger partial charge in [-0.25, -0.2) is 0 Å². The third-order valence-electron chi connectivity index (χ3n) is 15.9. The number of aliphatic hydroxyl groups is 8. The van der Waals surface area contributed by atoms with E-state index in [0.29, 0.717) is 74.2 Å². The van der Waals surface area contributed by atoms with E-state index in [1.165, 1.54) is 116 Å². The number of carbonyl (C=O) groups excluding carboxylic acids is 5. The van der Waals surface area contributed by atoms with Gasteiger partial charge in [-0.05, 0) is 129 Å². The van der Waals surface area contributed by atoms with Crippen molar-refractivity contribution in [2.75, 3.05) is 19.8 Å². The molecule has 13 heteroatoms. The number of aliphatic hydroxyl groups excluding tert-OH is 8. The van der Waals surface area contributed by atoms with E-state index in [1.54, 1.807) is 20.8 Å². The molecule has 0 saturated carbocycles. The van der Waals surface area contributed by atoms with Gasteiger partial charge in [0.15, 0.2) is 0 Å². The van der Waals surface area contributed by atoms with Gasteiger partial charge in [-0.15, -0.1) is 0 Å². The molecule has 0 aliphatic rings. The molecule has 0 fully saturated rings. The number of carbonyl (C=O) groups is 5. The molecule has 7 atom stereocenters. The van der Waals surface area contributed by atoms with Crippen LogP contribution in [-0.4, -0.2) is 120 Å². The fraction of sp³-hybridized carbons (Fsp3) is 0.947. The highest BCUT2D eigenvalue weighted by Crippen LogP contribution is 2.20. The fourth-order valence-corrected chi connectivity index (χ4v) is 7.65. The number of hydrogen-bond acceptors (Lipinski definition) is 13. The SMILES string of the molecule is C.C.C.C.C.C.C.C.CCC(C)O.CCC(C)O.CCCC(=O)CC.CCCC(O)CC.CCCCC(CC)CCC(=O)CC.CCCCC(CC)CCC(=O)CC.CCCCCC(=O)CC.CCCCCC(=O)CC.CCCCCC(O)CC.CCCCCC(O)CC.CCCCO.CCCCO.CCO. The van der Waals surface area contributed by atoms with Crippen molar-refractivity contribution in [3.05, 3.63) is 0 Å². The molecular formula is C94H220O13. The second kappa shape index (κ2) is 160. The molecule has 0 aliphatic heterocycles. The summed E-state index contributed by atoms with van der Waals surface area (Å²) in [7, 11) is 0. The van der Waals surface area contributed by atoms with E-state index < -0.39 is 0 Å². The monoisotopic (exact) mass is 1560 g/mol. The summed E-state index contributed by atoms with van der Waals surface area (Å²) in [4.78, 5) is 54.0. The van der Waals surface area contributed by atoms with Gasteiger partial charge in [0.1, 0.15) is 28.9 Å². The molecule has 0 rings (SSSR count).